The molecule has 0 spiro atoms. The average Bonchev–Trinajstić information content (AvgIpc) is 2.39. The fourth-order valence-corrected chi connectivity index (χ4v) is 2.16. The number of aromatic nitrogens is 2. The number of nitrogens with zero attached hydrogens (tertiary/aromatic N) is 2. The van der Waals surface area contributed by atoms with E-state index in [1.165, 1.54) is 23.9 Å². The van der Waals surface area contributed by atoms with Gasteiger partial charge in [-0.3, -0.25) is 9.36 Å². The van der Waals surface area contributed by atoms with Crippen LogP contribution in [0.1, 0.15) is 11.4 Å². The molecule has 4 nitrogen and oxygen atoms in total. The first-order chi connectivity index (χ1) is 9.02. The highest BCUT2D eigenvalue weighted by atomic mass is 127. The van der Waals surface area contributed by atoms with Crippen molar-refractivity contribution in [1.29, 1.82) is 0 Å². The molecule has 0 fully saturated rings. The Hall–Kier alpha value is -1.44. The Kier molecular flexibility index (Phi) is 4.18. The Bertz CT molecular complexity index is 670. The van der Waals surface area contributed by atoms with E-state index in [-0.39, 0.29) is 17.9 Å². The minimum absolute atomic E-state index is 0.121. The number of benzene rings is 1. The van der Waals surface area contributed by atoms with Crippen molar-refractivity contribution in [2.24, 2.45) is 0 Å². The molecule has 6 heteroatoms. The second-order valence-corrected chi connectivity index (χ2v) is 5.18. The van der Waals surface area contributed by atoms with Crippen molar-refractivity contribution in [3.05, 3.63) is 55.5 Å². The predicted octanol–water partition coefficient (Wildman–Crippen LogP) is 2.35. The van der Waals surface area contributed by atoms with Crippen molar-refractivity contribution in [2.45, 2.75) is 13.5 Å². The van der Waals surface area contributed by atoms with Gasteiger partial charge in [-0.1, -0.05) is 6.07 Å². The third-order valence-corrected chi connectivity index (χ3v) is 3.50. The van der Waals surface area contributed by atoms with Crippen LogP contribution in [-0.2, 0) is 6.54 Å². The van der Waals surface area contributed by atoms with E-state index < -0.39 is 5.82 Å². The normalized spacial score (nSPS) is 10.5. The first kappa shape index (κ1) is 14.0. The molecule has 0 amide bonds. The van der Waals surface area contributed by atoms with Gasteiger partial charge in [-0.15, -0.1) is 0 Å². The number of ether oxygens (including phenoxy) is 1. The summed E-state index contributed by atoms with van der Waals surface area (Å²) in [6, 6.07) is 4.64. The molecule has 0 aliphatic heterocycles. The fourth-order valence-electron chi connectivity index (χ4n) is 1.73. The maximum atomic E-state index is 13.6. The van der Waals surface area contributed by atoms with Gasteiger partial charge in [-0.2, -0.15) is 0 Å². The van der Waals surface area contributed by atoms with Crippen molar-refractivity contribution in [3.63, 3.8) is 0 Å². The molecule has 1 aromatic carbocycles. The largest absolute Gasteiger partial charge is 0.494 e. The van der Waals surface area contributed by atoms with Gasteiger partial charge < -0.3 is 4.74 Å². The lowest BCUT2D eigenvalue weighted by atomic mass is 10.2. The summed E-state index contributed by atoms with van der Waals surface area (Å²) in [4.78, 5) is 16.1. The van der Waals surface area contributed by atoms with Crippen LogP contribution in [-0.4, -0.2) is 16.7 Å². The molecule has 0 radical (unpaired) electrons. The van der Waals surface area contributed by atoms with E-state index in [0.717, 1.165) is 0 Å². The third-order valence-electron chi connectivity index (χ3n) is 2.76. The molecule has 2 rings (SSSR count). The topological polar surface area (TPSA) is 44.1 Å². The Morgan fingerprint density at radius 2 is 2.21 bits per heavy atom. The van der Waals surface area contributed by atoms with Crippen LogP contribution in [0.4, 0.5) is 4.39 Å². The van der Waals surface area contributed by atoms with E-state index in [4.69, 9.17) is 4.74 Å². The lowest BCUT2D eigenvalue weighted by molar-refractivity contribution is 0.386. The predicted molar refractivity (Wildman–Crippen MR) is 78.0 cm³/mol. The molecular formula is C13H12FIN2O2. The van der Waals surface area contributed by atoms with Crippen LogP contribution in [0, 0.1) is 16.3 Å². The third kappa shape index (κ3) is 2.94. The summed E-state index contributed by atoms with van der Waals surface area (Å²) >= 11 is 1.94. The zero-order valence-electron chi connectivity index (χ0n) is 10.5. The summed E-state index contributed by atoms with van der Waals surface area (Å²) in [6.45, 7) is 2.03. The molecule has 0 unspecified atom stereocenters. The van der Waals surface area contributed by atoms with Crippen LogP contribution in [0.15, 0.2) is 29.2 Å². The number of aryl methyl sites for hydroxylation is 1. The Morgan fingerprint density at radius 1 is 1.47 bits per heavy atom. The minimum Gasteiger partial charge on any atom is -0.494 e. The highest BCUT2D eigenvalue weighted by molar-refractivity contribution is 14.1. The molecule has 0 saturated carbocycles. The van der Waals surface area contributed by atoms with E-state index in [9.17, 15) is 9.18 Å². The average molecular weight is 374 g/mol. The zero-order chi connectivity index (χ0) is 14.0. The molecule has 0 aliphatic rings. The summed E-state index contributed by atoms with van der Waals surface area (Å²) in [6.07, 6.45) is 1.53. The van der Waals surface area contributed by atoms with Crippen LogP contribution in [0.5, 0.6) is 5.75 Å². The van der Waals surface area contributed by atoms with Gasteiger partial charge in [-0.05, 0) is 47.2 Å². The van der Waals surface area contributed by atoms with Crippen LogP contribution in [0.3, 0.4) is 0 Å². The molecule has 1 heterocycles. The van der Waals surface area contributed by atoms with Crippen molar-refractivity contribution in [1.82, 2.24) is 9.55 Å². The highest BCUT2D eigenvalue weighted by Crippen LogP contribution is 2.18. The van der Waals surface area contributed by atoms with E-state index in [2.05, 4.69) is 4.98 Å². The molecular weight excluding hydrogens is 362 g/mol. The number of hydrogen-bond acceptors (Lipinski definition) is 3. The molecule has 0 bridgehead atoms. The molecule has 1 aromatic heterocycles. The first-order valence-electron chi connectivity index (χ1n) is 5.57. The molecule has 0 saturated heterocycles. The van der Waals surface area contributed by atoms with Crippen molar-refractivity contribution < 1.29 is 9.13 Å². The molecule has 0 N–H and O–H groups in total. The monoisotopic (exact) mass is 374 g/mol. The molecule has 100 valence electrons. The van der Waals surface area contributed by atoms with E-state index >= 15 is 0 Å². The van der Waals surface area contributed by atoms with Gasteiger partial charge in [-0.25, -0.2) is 9.37 Å². The molecule has 0 atom stereocenters. The summed E-state index contributed by atoms with van der Waals surface area (Å²) < 4.78 is 20.5. The van der Waals surface area contributed by atoms with Gasteiger partial charge in [0.15, 0.2) is 11.6 Å². The second-order valence-electron chi connectivity index (χ2n) is 4.01. The maximum absolute atomic E-state index is 13.6. The molecule has 19 heavy (non-hydrogen) atoms. The van der Waals surface area contributed by atoms with Crippen LogP contribution in [0.25, 0.3) is 0 Å². The van der Waals surface area contributed by atoms with Gasteiger partial charge in [0.2, 0.25) is 0 Å². The summed E-state index contributed by atoms with van der Waals surface area (Å²) in [7, 11) is 1.41. The highest BCUT2D eigenvalue weighted by Gasteiger charge is 2.08. The maximum Gasteiger partial charge on any atom is 0.267 e. The van der Waals surface area contributed by atoms with Gasteiger partial charge in [0, 0.05) is 6.20 Å². The van der Waals surface area contributed by atoms with Gasteiger partial charge in [0.1, 0.15) is 5.82 Å². The van der Waals surface area contributed by atoms with E-state index in [1.807, 2.05) is 22.6 Å². The van der Waals surface area contributed by atoms with Crippen LogP contribution < -0.4 is 10.3 Å². The smallest absolute Gasteiger partial charge is 0.267 e. The molecule has 0 aliphatic carbocycles. The lowest BCUT2D eigenvalue weighted by Gasteiger charge is -2.10. The zero-order valence-corrected chi connectivity index (χ0v) is 12.6. The SMILES string of the molecule is COc1ccc(Cn2c(C)ncc(I)c2=O)cc1F. The van der Waals surface area contributed by atoms with Crippen LogP contribution >= 0.6 is 22.6 Å². The Morgan fingerprint density at radius 3 is 2.84 bits per heavy atom. The van der Waals surface area contributed by atoms with Gasteiger partial charge in [0.25, 0.3) is 5.56 Å². The fraction of sp³-hybridized carbons (Fsp3) is 0.231. The quantitative estimate of drug-likeness (QED) is 0.775. The lowest BCUT2D eigenvalue weighted by Crippen LogP contribution is -2.26. The van der Waals surface area contributed by atoms with E-state index in [0.29, 0.717) is 15.0 Å². The summed E-state index contributed by atoms with van der Waals surface area (Å²) in [5.41, 5.74) is 0.566. The van der Waals surface area contributed by atoms with Crippen molar-refractivity contribution in [2.75, 3.05) is 7.11 Å². The van der Waals surface area contributed by atoms with E-state index in [1.54, 1.807) is 19.1 Å². The second kappa shape index (κ2) is 5.68. The van der Waals surface area contributed by atoms with Gasteiger partial charge >= 0.3 is 0 Å². The van der Waals surface area contributed by atoms with Crippen molar-refractivity contribution >= 4 is 22.6 Å². The number of halogens is 2. The number of rotatable bonds is 3. The number of hydrogen-bond donors (Lipinski definition) is 0. The first-order valence-corrected chi connectivity index (χ1v) is 6.65. The minimum atomic E-state index is -0.440. The van der Waals surface area contributed by atoms with Crippen molar-refractivity contribution in [3.8, 4) is 5.75 Å². The molecule has 2 aromatic rings. The summed E-state index contributed by atoms with van der Waals surface area (Å²) in [5.74, 6) is 0.347. The Labute approximate surface area is 123 Å². The standard InChI is InChI=1S/C13H12FIN2O2/c1-8-16-6-11(15)13(18)17(8)7-9-3-4-12(19-2)10(14)5-9/h3-6H,7H2,1-2H3. The number of methoxy groups -OCH3 is 1. The summed E-state index contributed by atoms with van der Waals surface area (Å²) in [5, 5.41) is 0. The van der Waals surface area contributed by atoms with Crippen LogP contribution in [0.2, 0.25) is 0 Å². The Balaban J connectivity index is 2.39. The van der Waals surface area contributed by atoms with Gasteiger partial charge in [0.05, 0.1) is 17.2 Å².